The number of hydrogen-bond acceptors (Lipinski definition) is 6. The third-order valence-electron chi connectivity index (χ3n) is 5.27. The fourth-order valence-electron chi connectivity index (χ4n) is 3.57. The third kappa shape index (κ3) is 5.80. The van der Waals surface area contributed by atoms with E-state index in [4.69, 9.17) is 11.6 Å². The summed E-state index contributed by atoms with van der Waals surface area (Å²) in [5, 5.41) is 5.71. The van der Waals surface area contributed by atoms with Crippen molar-refractivity contribution in [1.29, 1.82) is 0 Å². The van der Waals surface area contributed by atoms with Crippen molar-refractivity contribution in [2.75, 3.05) is 48.7 Å². The molecule has 31 heavy (non-hydrogen) atoms. The lowest BCUT2D eigenvalue weighted by Crippen LogP contribution is -2.46. The summed E-state index contributed by atoms with van der Waals surface area (Å²) >= 11 is 9.24. The van der Waals surface area contributed by atoms with Crippen LogP contribution in [0.25, 0.3) is 11.3 Å². The van der Waals surface area contributed by atoms with E-state index in [1.54, 1.807) is 11.3 Å². The van der Waals surface area contributed by atoms with E-state index >= 15 is 0 Å². The first-order valence-electron chi connectivity index (χ1n) is 10.3. The first-order chi connectivity index (χ1) is 15.1. The molecule has 1 aliphatic rings. The molecule has 8 heteroatoms. The zero-order valence-corrected chi connectivity index (χ0v) is 19.8. The summed E-state index contributed by atoms with van der Waals surface area (Å²) in [6.45, 7) is 7.18. The Kier molecular flexibility index (Phi) is 7.50. The van der Waals surface area contributed by atoms with Gasteiger partial charge in [-0.15, -0.1) is 11.3 Å². The van der Waals surface area contributed by atoms with Gasteiger partial charge < -0.3 is 15.1 Å². The molecule has 1 N–H and O–H groups in total. The van der Waals surface area contributed by atoms with E-state index in [1.165, 1.54) is 11.8 Å². The Balaban J connectivity index is 1.38. The Bertz CT molecular complexity index is 1020. The van der Waals surface area contributed by atoms with Crippen LogP contribution in [0.3, 0.4) is 0 Å². The SMILES string of the molecule is CCN1CCN(c2ccc(Cl)cc2NC(=O)CSc2nc(-c3ccccc3)cs2)CC1. The molecule has 0 radical (unpaired) electrons. The van der Waals surface area contributed by atoms with Crippen molar-refractivity contribution >= 4 is 52.0 Å². The molecule has 1 amide bonds. The lowest BCUT2D eigenvalue weighted by atomic mass is 10.2. The zero-order chi connectivity index (χ0) is 21.6. The molecule has 0 saturated carbocycles. The van der Waals surface area contributed by atoms with Crippen LogP contribution in [-0.2, 0) is 4.79 Å². The fraction of sp³-hybridized carbons (Fsp3) is 0.304. The van der Waals surface area contributed by atoms with Crippen LogP contribution >= 0.6 is 34.7 Å². The number of hydrogen-bond donors (Lipinski definition) is 1. The predicted octanol–water partition coefficient (Wildman–Crippen LogP) is 5.34. The Morgan fingerprint density at radius 3 is 2.68 bits per heavy atom. The van der Waals surface area contributed by atoms with Crippen LogP contribution in [0.15, 0.2) is 58.3 Å². The van der Waals surface area contributed by atoms with Gasteiger partial charge in [0.1, 0.15) is 0 Å². The quantitative estimate of drug-likeness (QED) is 0.470. The number of benzene rings is 2. The number of rotatable bonds is 7. The van der Waals surface area contributed by atoms with E-state index in [0.29, 0.717) is 10.8 Å². The van der Waals surface area contributed by atoms with Gasteiger partial charge in [0.15, 0.2) is 4.34 Å². The van der Waals surface area contributed by atoms with Gasteiger partial charge in [-0.3, -0.25) is 4.79 Å². The number of anilines is 2. The molecule has 0 aliphatic carbocycles. The van der Waals surface area contributed by atoms with Gasteiger partial charge in [-0.25, -0.2) is 4.98 Å². The van der Waals surface area contributed by atoms with Crippen molar-refractivity contribution in [1.82, 2.24) is 9.88 Å². The predicted molar refractivity (Wildman–Crippen MR) is 133 cm³/mol. The average Bonchev–Trinajstić information content (AvgIpc) is 3.28. The van der Waals surface area contributed by atoms with E-state index in [9.17, 15) is 4.79 Å². The molecule has 0 bridgehead atoms. The van der Waals surface area contributed by atoms with E-state index < -0.39 is 0 Å². The van der Waals surface area contributed by atoms with Crippen LogP contribution in [0.1, 0.15) is 6.92 Å². The Morgan fingerprint density at radius 2 is 1.94 bits per heavy atom. The third-order valence-corrected chi connectivity index (χ3v) is 7.53. The van der Waals surface area contributed by atoms with Gasteiger partial charge in [0.2, 0.25) is 5.91 Å². The summed E-state index contributed by atoms with van der Waals surface area (Å²) in [5.74, 6) is 0.245. The number of thiazole rings is 1. The number of nitrogens with one attached hydrogen (secondary N) is 1. The van der Waals surface area contributed by atoms with Crippen LogP contribution < -0.4 is 10.2 Å². The van der Waals surface area contributed by atoms with Gasteiger partial charge in [0.05, 0.1) is 22.8 Å². The van der Waals surface area contributed by atoms with Crippen molar-refractivity contribution in [3.05, 3.63) is 58.9 Å². The Morgan fingerprint density at radius 1 is 1.16 bits per heavy atom. The second-order valence-corrected chi connectivity index (χ2v) is 9.80. The summed E-state index contributed by atoms with van der Waals surface area (Å²) in [6, 6.07) is 15.8. The molecule has 5 nitrogen and oxygen atoms in total. The maximum atomic E-state index is 12.7. The molecule has 3 aromatic rings. The fourth-order valence-corrected chi connectivity index (χ4v) is 5.38. The van der Waals surface area contributed by atoms with Crippen LogP contribution in [0.2, 0.25) is 5.02 Å². The summed E-state index contributed by atoms with van der Waals surface area (Å²) in [7, 11) is 0. The second-order valence-electron chi connectivity index (χ2n) is 7.28. The molecule has 0 atom stereocenters. The highest BCUT2D eigenvalue weighted by atomic mass is 35.5. The topological polar surface area (TPSA) is 48.5 Å². The number of thioether (sulfide) groups is 1. The Labute approximate surface area is 196 Å². The highest BCUT2D eigenvalue weighted by molar-refractivity contribution is 8.01. The lowest BCUT2D eigenvalue weighted by molar-refractivity contribution is -0.113. The van der Waals surface area contributed by atoms with Crippen molar-refractivity contribution in [2.45, 2.75) is 11.3 Å². The molecule has 0 spiro atoms. The van der Waals surface area contributed by atoms with Gasteiger partial charge >= 0.3 is 0 Å². The Hall–Kier alpha value is -2.06. The standard InChI is InChI=1S/C23H25ClN4OS2/c1-2-27-10-12-28(13-11-27)21-9-8-18(24)14-19(21)25-22(29)16-31-23-26-20(15-30-23)17-6-4-3-5-7-17/h3-9,14-15H,2,10-13,16H2,1H3,(H,25,29). The maximum Gasteiger partial charge on any atom is 0.234 e. The summed E-state index contributed by atoms with van der Waals surface area (Å²) in [6.07, 6.45) is 0. The largest absolute Gasteiger partial charge is 0.367 e. The molecule has 2 heterocycles. The van der Waals surface area contributed by atoms with Gasteiger partial charge in [0.25, 0.3) is 0 Å². The number of amides is 1. The molecule has 2 aromatic carbocycles. The van der Waals surface area contributed by atoms with E-state index in [2.05, 4.69) is 27.0 Å². The smallest absolute Gasteiger partial charge is 0.234 e. The lowest BCUT2D eigenvalue weighted by Gasteiger charge is -2.36. The van der Waals surface area contributed by atoms with Gasteiger partial charge in [-0.1, -0.05) is 60.6 Å². The number of carbonyl (C=O) groups is 1. The molecule has 162 valence electrons. The number of aromatic nitrogens is 1. The van der Waals surface area contributed by atoms with E-state index in [-0.39, 0.29) is 5.91 Å². The van der Waals surface area contributed by atoms with Gasteiger partial charge in [-0.2, -0.15) is 0 Å². The van der Waals surface area contributed by atoms with Crippen molar-refractivity contribution in [3.63, 3.8) is 0 Å². The van der Waals surface area contributed by atoms with Crippen LogP contribution in [-0.4, -0.2) is 54.3 Å². The molecule has 4 rings (SSSR count). The van der Waals surface area contributed by atoms with E-state index in [0.717, 1.165) is 59.7 Å². The number of carbonyl (C=O) groups excluding carboxylic acids is 1. The highest BCUT2D eigenvalue weighted by Gasteiger charge is 2.19. The number of nitrogens with zero attached hydrogens (tertiary/aromatic N) is 3. The second kappa shape index (κ2) is 10.5. The molecular formula is C23H25ClN4OS2. The summed E-state index contributed by atoms with van der Waals surface area (Å²) in [5.41, 5.74) is 3.82. The van der Waals surface area contributed by atoms with E-state index in [1.807, 2.05) is 53.9 Å². The van der Waals surface area contributed by atoms with Crippen LogP contribution in [0.4, 0.5) is 11.4 Å². The van der Waals surface area contributed by atoms with Crippen LogP contribution in [0.5, 0.6) is 0 Å². The molecule has 0 unspecified atom stereocenters. The number of piperazine rings is 1. The summed E-state index contributed by atoms with van der Waals surface area (Å²) < 4.78 is 0.885. The first-order valence-corrected chi connectivity index (χ1v) is 12.6. The highest BCUT2D eigenvalue weighted by Crippen LogP contribution is 2.31. The molecular weight excluding hydrogens is 448 g/mol. The molecule has 1 fully saturated rings. The van der Waals surface area contributed by atoms with Crippen molar-refractivity contribution < 1.29 is 4.79 Å². The van der Waals surface area contributed by atoms with Gasteiger partial charge in [0, 0.05) is 42.1 Å². The number of likely N-dealkylation sites (N-methyl/N-ethyl adjacent to an activating group) is 1. The van der Waals surface area contributed by atoms with Gasteiger partial charge in [-0.05, 0) is 24.7 Å². The summed E-state index contributed by atoms with van der Waals surface area (Å²) in [4.78, 5) is 22.1. The van der Waals surface area contributed by atoms with Crippen molar-refractivity contribution in [3.8, 4) is 11.3 Å². The molecule has 1 aromatic heterocycles. The van der Waals surface area contributed by atoms with Crippen molar-refractivity contribution in [2.24, 2.45) is 0 Å². The zero-order valence-electron chi connectivity index (χ0n) is 17.4. The monoisotopic (exact) mass is 472 g/mol. The number of halogens is 1. The minimum Gasteiger partial charge on any atom is -0.367 e. The normalized spacial score (nSPS) is 14.6. The molecule has 1 aliphatic heterocycles. The first kappa shape index (κ1) is 22.1. The minimum absolute atomic E-state index is 0.0582. The molecule has 1 saturated heterocycles. The maximum absolute atomic E-state index is 12.7. The minimum atomic E-state index is -0.0582. The average molecular weight is 473 g/mol. The van der Waals surface area contributed by atoms with Crippen LogP contribution in [0, 0.1) is 0 Å².